The Hall–Kier alpha value is -1.88. The summed E-state index contributed by atoms with van der Waals surface area (Å²) in [4.78, 5) is 8.65. The third-order valence-electron chi connectivity index (χ3n) is 2.77. The van der Waals surface area contributed by atoms with E-state index >= 15 is 0 Å². The van der Waals surface area contributed by atoms with E-state index < -0.39 is 0 Å². The molecule has 0 aliphatic carbocycles. The first kappa shape index (κ1) is 11.2. The van der Waals surface area contributed by atoms with E-state index in [4.69, 9.17) is 11.6 Å². The number of imidazole rings is 1. The van der Waals surface area contributed by atoms with Crippen LogP contribution in [0.15, 0.2) is 30.7 Å². The highest BCUT2D eigenvalue weighted by atomic mass is 35.5. The highest BCUT2D eigenvalue weighted by Crippen LogP contribution is 2.20. The zero-order valence-electron chi connectivity index (χ0n) is 9.91. The molecule has 3 aromatic rings. The third-order valence-corrected chi connectivity index (χ3v) is 2.96. The van der Waals surface area contributed by atoms with E-state index in [-0.39, 0.29) is 0 Å². The lowest BCUT2D eigenvalue weighted by molar-refractivity contribution is 0.746. The van der Waals surface area contributed by atoms with E-state index in [2.05, 4.69) is 15.1 Å². The number of aryl methyl sites for hydroxylation is 2. The molecule has 18 heavy (non-hydrogen) atoms. The minimum absolute atomic E-state index is 0.531. The third kappa shape index (κ3) is 1.76. The summed E-state index contributed by atoms with van der Waals surface area (Å²) in [7, 11) is 1.89. The van der Waals surface area contributed by atoms with Gasteiger partial charge in [-0.25, -0.2) is 4.98 Å². The van der Waals surface area contributed by atoms with Crippen LogP contribution in [-0.2, 0) is 13.5 Å². The maximum Gasteiger partial charge on any atom is 0.160 e. The summed E-state index contributed by atoms with van der Waals surface area (Å²) < 4.78 is 3.80. The molecule has 6 heteroatoms. The predicted molar refractivity (Wildman–Crippen MR) is 70.1 cm³/mol. The van der Waals surface area contributed by atoms with E-state index in [0.717, 1.165) is 22.7 Å². The maximum absolute atomic E-state index is 5.83. The zero-order chi connectivity index (χ0) is 12.5. The number of rotatable bonds is 3. The van der Waals surface area contributed by atoms with Crippen LogP contribution in [0.3, 0.4) is 0 Å². The fourth-order valence-electron chi connectivity index (χ4n) is 2.01. The molecule has 92 valence electrons. The minimum Gasteiger partial charge on any atom is -0.279 e. The van der Waals surface area contributed by atoms with Gasteiger partial charge in [0.15, 0.2) is 5.82 Å². The predicted octanol–water partition coefficient (Wildman–Crippen LogP) is 1.94. The Kier molecular flexibility index (Phi) is 2.76. The van der Waals surface area contributed by atoms with Crippen molar-refractivity contribution in [2.75, 3.05) is 5.88 Å². The van der Waals surface area contributed by atoms with Gasteiger partial charge in [-0.2, -0.15) is 5.10 Å². The molecular formula is C12H12ClN5. The van der Waals surface area contributed by atoms with Gasteiger partial charge in [0.05, 0.1) is 11.7 Å². The summed E-state index contributed by atoms with van der Waals surface area (Å²) in [6.07, 6.45) is 6.13. The Labute approximate surface area is 109 Å². The highest BCUT2D eigenvalue weighted by Gasteiger charge is 2.13. The summed E-state index contributed by atoms with van der Waals surface area (Å²) >= 11 is 5.83. The number of aromatic nitrogens is 5. The minimum atomic E-state index is 0.531. The average molecular weight is 262 g/mol. The van der Waals surface area contributed by atoms with Gasteiger partial charge in [-0.15, -0.1) is 11.6 Å². The zero-order valence-corrected chi connectivity index (χ0v) is 10.7. The highest BCUT2D eigenvalue weighted by molar-refractivity contribution is 6.17. The molecule has 0 saturated heterocycles. The van der Waals surface area contributed by atoms with Crippen LogP contribution in [0.2, 0.25) is 0 Å². The standard InChI is InChI=1S/C12H12ClN5/c1-17-7-4-12(16-17)18-10-3-6-14-8-9(10)15-11(18)2-5-13/h3-4,6-8H,2,5H2,1H3. The van der Waals surface area contributed by atoms with Crippen LogP contribution in [0.25, 0.3) is 16.9 Å². The number of alkyl halides is 1. The van der Waals surface area contributed by atoms with Crippen molar-refractivity contribution in [2.24, 2.45) is 7.05 Å². The average Bonchev–Trinajstić information content (AvgIpc) is 2.92. The fraction of sp³-hybridized carbons (Fsp3) is 0.250. The SMILES string of the molecule is Cn1ccc(-n2c(CCCl)nc3cnccc32)n1. The Morgan fingerprint density at radius 3 is 2.94 bits per heavy atom. The second-order valence-electron chi connectivity index (χ2n) is 4.01. The van der Waals surface area contributed by atoms with Gasteiger partial charge in [-0.1, -0.05) is 0 Å². The first-order chi connectivity index (χ1) is 8.79. The molecular weight excluding hydrogens is 250 g/mol. The van der Waals surface area contributed by atoms with E-state index in [9.17, 15) is 0 Å². The van der Waals surface area contributed by atoms with Crippen molar-refractivity contribution in [2.45, 2.75) is 6.42 Å². The number of fused-ring (bicyclic) bond motifs is 1. The fourth-order valence-corrected chi connectivity index (χ4v) is 2.18. The van der Waals surface area contributed by atoms with Crippen molar-refractivity contribution in [1.82, 2.24) is 24.3 Å². The number of hydrogen-bond acceptors (Lipinski definition) is 3. The molecule has 0 aliphatic rings. The lowest BCUT2D eigenvalue weighted by Crippen LogP contribution is -2.03. The summed E-state index contributed by atoms with van der Waals surface area (Å²) in [6.45, 7) is 0. The topological polar surface area (TPSA) is 48.5 Å². The van der Waals surface area contributed by atoms with Gasteiger partial charge in [0.1, 0.15) is 11.3 Å². The molecule has 0 radical (unpaired) electrons. The number of pyridine rings is 1. The molecule has 0 fully saturated rings. The van der Waals surface area contributed by atoms with Gasteiger partial charge in [0.2, 0.25) is 0 Å². The van der Waals surface area contributed by atoms with Crippen LogP contribution >= 0.6 is 11.6 Å². The van der Waals surface area contributed by atoms with Crippen LogP contribution in [0.4, 0.5) is 0 Å². The van der Waals surface area contributed by atoms with Crippen molar-refractivity contribution in [3.8, 4) is 5.82 Å². The van der Waals surface area contributed by atoms with Crippen molar-refractivity contribution >= 4 is 22.6 Å². The van der Waals surface area contributed by atoms with Gasteiger partial charge in [0.25, 0.3) is 0 Å². The van der Waals surface area contributed by atoms with E-state index in [1.54, 1.807) is 17.1 Å². The molecule has 3 heterocycles. The number of hydrogen-bond donors (Lipinski definition) is 0. The first-order valence-electron chi connectivity index (χ1n) is 5.67. The normalized spacial score (nSPS) is 11.2. The molecule has 0 N–H and O–H groups in total. The molecule has 0 bridgehead atoms. The van der Waals surface area contributed by atoms with Crippen molar-refractivity contribution < 1.29 is 0 Å². The summed E-state index contributed by atoms with van der Waals surface area (Å²) in [6, 6.07) is 3.90. The first-order valence-corrected chi connectivity index (χ1v) is 6.20. The van der Waals surface area contributed by atoms with E-state index in [0.29, 0.717) is 12.3 Å². The van der Waals surface area contributed by atoms with Gasteiger partial charge >= 0.3 is 0 Å². The molecule has 0 aromatic carbocycles. The lowest BCUT2D eigenvalue weighted by Gasteiger charge is -2.04. The smallest absolute Gasteiger partial charge is 0.160 e. The largest absolute Gasteiger partial charge is 0.279 e. The summed E-state index contributed by atoms with van der Waals surface area (Å²) in [5.74, 6) is 2.29. The van der Waals surface area contributed by atoms with Gasteiger partial charge in [0, 0.05) is 37.8 Å². The Morgan fingerprint density at radius 1 is 1.33 bits per heavy atom. The second-order valence-corrected chi connectivity index (χ2v) is 4.39. The van der Waals surface area contributed by atoms with Crippen molar-refractivity contribution in [1.29, 1.82) is 0 Å². The molecule has 0 atom stereocenters. The van der Waals surface area contributed by atoms with Gasteiger partial charge < -0.3 is 0 Å². The number of nitrogens with zero attached hydrogens (tertiary/aromatic N) is 5. The van der Waals surface area contributed by atoms with Crippen LogP contribution < -0.4 is 0 Å². The molecule has 0 amide bonds. The quantitative estimate of drug-likeness (QED) is 0.677. The maximum atomic E-state index is 5.83. The van der Waals surface area contributed by atoms with Gasteiger partial charge in [-0.05, 0) is 6.07 Å². The second kappa shape index (κ2) is 4.42. The Bertz CT molecular complexity index is 685. The Morgan fingerprint density at radius 2 is 2.22 bits per heavy atom. The van der Waals surface area contributed by atoms with Crippen LogP contribution in [0.5, 0.6) is 0 Å². The molecule has 0 aliphatic heterocycles. The van der Waals surface area contributed by atoms with Crippen LogP contribution in [0, 0.1) is 0 Å². The molecule has 0 saturated carbocycles. The lowest BCUT2D eigenvalue weighted by atomic mass is 10.4. The molecule has 0 spiro atoms. The molecule has 3 rings (SSSR count). The summed E-state index contributed by atoms with van der Waals surface area (Å²) in [5.41, 5.74) is 1.87. The van der Waals surface area contributed by atoms with Crippen molar-refractivity contribution in [3.05, 3.63) is 36.5 Å². The van der Waals surface area contributed by atoms with Gasteiger partial charge in [-0.3, -0.25) is 14.2 Å². The van der Waals surface area contributed by atoms with Crippen LogP contribution in [-0.4, -0.2) is 30.2 Å². The van der Waals surface area contributed by atoms with E-state index in [1.165, 1.54) is 0 Å². The monoisotopic (exact) mass is 261 g/mol. The van der Waals surface area contributed by atoms with E-state index in [1.807, 2.05) is 29.9 Å². The van der Waals surface area contributed by atoms with Crippen molar-refractivity contribution in [3.63, 3.8) is 0 Å². The molecule has 3 aromatic heterocycles. The van der Waals surface area contributed by atoms with Crippen LogP contribution in [0.1, 0.15) is 5.82 Å². The number of halogens is 1. The summed E-state index contributed by atoms with van der Waals surface area (Å²) in [5, 5.41) is 4.42. The Balaban J connectivity index is 2.27. The molecule has 0 unspecified atom stereocenters. The molecule has 5 nitrogen and oxygen atoms in total.